The van der Waals surface area contributed by atoms with Gasteiger partial charge in [-0.15, -0.1) is 0 Å². The largest absolute Gasteiger partial charge is 0.363 e. The molecule has 1 aliphatic rings. The number of piperidine rings is 1. The van der Waals surface area contributed by atoms with Gasteiger partial charge in [0.2, 0.25) is 0 Å². The Morgan fingerprint density at radius 1 is 1.41 bits per heavy atom. The minimum Gasteiger partial charge on any atom is -0.363 e. The first-order valence-electron chi connectivity index (χ1n) is 8.47. The molecule has 140 valence electrons. The van der Waals surface area contributed by atoms with Crippen LogP contribution in [0.2, 0.25) is 5.02 Å². The standard InChI is InChI=1S/C17H17ClFN7O/c18-9-4-11-12(6-22-14(11)21-5-9)15-23-7-13(19)16(25-15)24-10-2-1-3-26(8-10)17(20)27/h4-7,10H,1-3,8H2,(H2,20,27)(H,21,22)(H,23,24,25). The number of primary amides is 1. The van der Waals surface area contributed by atoms with Crippen LogP contribution < -0.4 is 11.1 Å². The third-order valence-electron chi connectivity index (χ3n) is 4.56. The molecular weight excluding hydrogens is 373 g/mol. The molecule has 4 heterocycles. The molecule has 0 bridgehead atoms. The molecule has 27 heavy (non-hydrogen) atoms. The van der Waals surface area contributed by atoms with Gasteiger partial charge in [-0.25, -0.2) is 24.1 Å². The van der Waals surface area contributed by atoms with Crippen LogP contribution >= 0.6 is 11.6 Å². The summed E-state index contributed by atoms with van der Waals surface area (Å²) < 4.78 is 14.3. The number of likely N-dealkylation sites (tertiary alicyclic amines) is 1. The lowest BCUT2D eigenvalue weighted by atomic mass is 10.1. The number of H-pyrrole nitrogens is 1. The zero-order valence-electron chi connectivity index (χ0n) is 14.2. The molecule has 1 saturated heterocycles. The smallest absolute Gasteiger partial charge is 0.314 e. The summed E-state index contributed by atoms with van der Waals surface area (Å²) in [5.41, 5.74) is 6.66. The first-order valence-corrected chi connectivity index (χ1v) is 8.85. The second kappa shape index (κ2) is 6.99. The number of hydrogen-bond acceptors (Lipinski definition) is 5. The minimum absolute atomic E-state index is 0.0839. The van der Waals surface area contributed by atoms with Crippen LogP contribution in [0.4, 0.5) is 15.0 Å². The fourth-order valence-corrected chi connectivity index (χ4v) is 3.41. The zero-order chi connectivity index (χ0) is 19.0. The summed E-state index contributed by atoms with van der Waals surface area (Å²) in [6, 6.07) is 1.14. The fraction of sp³-hybridized carbons (Fsp3) is 0.294. The third-order valence-corrected chi connectivity index (χ3v) is 4.76. The quantitative estimate of drug-likeness (QED) is 0.637. The SMILES string of the molecule is NC(=O)N1CCCC(Nc2nc(-c3c[nH]c4ncc(Cl)cc34)ncc2F)C1. The Hall–Kier alpha value is -2.94. The Balaban J connectivity index is 1.63. The van der Waals surface area contributed by atoms with E-state index in [4.69, 9.17) is 17.3 Å². The second-order valence-corrected chi connectivity index (χ2v) is 6.85. The Kier molecular flexibility index (Phi) is 4.53. The normalized spacial score (nSPS) is 17.3. The Morgan fingerprint density at radius 3 is 3.07 bits per heavy atom. The molecule has 3 aromatic rings. The van der Waals surface area contributed by atoms with Gasteiger partial charge in [0.1, 0.15) is 5.65 Å². The van der Waals surface area contributed by atoms with Crippen LogP contribution in [0.1, 0.15) is 12.8 Å². The number of hydrogen-bond donors (Lipinski definition) is 3. The van der Waals surface area contributed by atoms with E-state index in [1.165, 1.54) is 11.1 Å². The Labute approximate surface area is 159 Å². The molecule has 1 fully saturated rings. The van der Waals surface area contributed by atoms with Gasteiger partial charge in [0, 0.05) is 42.5 Å². The van der Waals surface area contributed by atoms with Crippen molar-refractivity contribution < 1.29 is 9.18 Å². The number of fused-ring (bicyclic) bond motifs is 1. The summed E-state index contributed by atoms with van der Waals surface area (Å²) in [6.07, 6.45) is 5.94. The molecule has 0 radical (unpaired) electrons. The van der Waals surface area contributed by atoms with Crippen molar-refractivity contribution in [2.45, 2.75) is 18.9 Å². The summed E-state index contributed by atoms with van der Waals surface area (Å²) >= 11 is 6.03. The molecule has 8 nitrogen and oxygen atoms in total. The Morgan fingerprint density at radius 2 is 2.26 bits per heavy atom. The number of aromatic amines is 1. The average Bonchev–Trinajstić information content (AvgIpc) is 3.07. The molecule has 3 aromatic heterocycles. The van der Waals surface area contributed by atoms with Gasteiger partial charge < -0.3 is 20.9 Å². The minimum atomic E-state index is -0.564. The number of urea groups is 1. The van der Waals surface area contributed by atoms with E-state index >= 15 is 0 Å². The molecule has 4 N–H and O–H groups in total. The first-order chi connectivity index (χ1) is 13.0. The lowest BCUT2D eigenvalue weighted by Gasteiger charge is -2.32. The van der Waals surface area contributed by atoms with Crippen molar-refractivity contribution in [3.63, 3.8) is 0 Å². The molecule has 2 amide bonds. The highest BCUT2D eigenvalue weighted by atomic mass is 35.5. The summed E-state index contributed by atoms with van der Waals surface area (Å²) in [7, 11) is 0. The average molecular weight is 390 g/mol. The molecule has 1 unspecified atom stereocenters. The van der Waals surface area contributed by atoms with Crippen LogP contribution in [-0.4, -0.2) is 50.0 Å². The van der Waals surface area contributed by atoms with Crippen molar-refractivity contribution in [2.75, 3.05) is 18.4 Å². The number of anilines is 1. The number of nitrogens with zero attached hydrogens (tertiary/aromatic N) is 4. The lowest BCUT2D eigenvalue weighted by molar-refractivity contribution is 0.192. The third kappa shape index (κ3) is 3.50. The monoisotopic (exact) mass is 389 g/mol. The molecule has 10 heteroatoms. The van der Waals surface area contributed by atoms with Crippen molar-refractivity contribution in [1.29, 1.82) is 0 Å². The van der Waals surface area contributed by atoms with E-state index in [9.17, 15) is 9.18 Å². The van der Waals surface area contributed by atoms with E-state index < -0.39 is 11.8 Å². The molecule has 0 spiro atoms. The predicted molar refractivity (Wildman–Crippen MR) is 99.9 cm³/mol. The number of carbonyl (C=O) groups is 1. The van der Waals surface area contributed by atoms with E-state index in [2.05, 4.69) is 25.3 Å². The van der Waals surface area contributed by atoms with Crippen LogP contribution in [0.3, 0.4) is 0 Å². The van der Waals surface area contributed by atoms with E-state index in [1.807, 2.05) is 0 Å². The number of nitrogens with one attached hydrogen (secondary N) is 2. The number of aromatic nitrogens is 4. The van der Waals surface area contributed by atoms with E-state index in [0.717, 1.165) is 24.4 Å². The van der Waals surface area contributed by atoms with Gasteiger partial charge in [0.25, 0.3) is 0 Å². The second-order valence-electron chi connectivity index (χ2n) is 6.41. The van der Waals surface area contributed by atoms with Crippen molar-refractivity contribution in [1.82, 2.24) is 24.8 Å². The summed E-state index contributed by atoms with van der Waals surface area (Å²) in [5.74, 6) is -0.136. The van der Waals surface area contributed by atoms with Crippen molar-refractivity contribution in [2.24, 2.45) is 5.73 Å². The molecule has 0 saturated carbocycles. The molecular formula is C17H17ClFN7O. The molecule has 0 aliphatic carbocycles. The molecule has 1 atom stereocenters. The summed E-state index contributed by atoms with van der Waals surface area (Å²) in [4.78, 5) is 28.6. The first kappa shape index (κ1) is 17.5. The summed E-state index contributed by atoms with van der Waals surface area (Å²) in [6.45, 7) is 1.01. The van der Waals surface area contributed by atoms with Crippen LogP contribution in [0.15, 0.2) is 24.7 Å². The topological polar surface area (TPSA) is 113 Å². The maximum absolute atomic E-state index is 14.3. The lowest BCUT2D eigenvalue weighted by Crippen LogP contribution is -2.47. The van der Waals surface area contributed by atoms with Crippen molar-refractivity contribution in [3.8, 4) is 11.4 Å². The van der Waals surface area contributed by atoms with Crippen molar-refractivity contribution >= 4 is 34.5 Å². The van der Waals surface area contributed by atoms with Crippen molar-refractivity contribution in [3.05, 3.63) is 35.5 Å². The van der Waals surface area contributed by atoms with Gasteiger partial charge in [0.15, 0.2) is 17.5 Å². The van der Waals surface area contributed by atoms with Crippen LogP contribution in [0.25, 0.3) is 22.4 Å². The molecule has 1 aliphatic heterocycles. The van der Waals surface area contributed by atoms with Gasteiger partial charge in [0.05, 0.1) is 11.2 Å². The predicted octanol–water partition coefficient (Wildman–Crippen LogP) is 2.77. The highest BCUT2D eigenvalue weighted by molar-refractivity contribution is 6.31. The Bertz CT molecular complexity index is 1010. The maximum atomic E-state index is 14.3. The molecule has 4 rings (SSSR count). The van der Waals surface area contributed by atoms with Crippen LogP contribution in [0, 0.1) is 5.82 Å². The van der Waals surface area contributed by atoms with E-state index in [-0.39, 0.29) is 11.9 Å². The van der Waals surface area contributed by atoms with Gasteiger partial charge >= 0.3 is 6.03 Å². The highest BCUT2D eigenvalue weighted by Gasteiger charge is 2.23. The van der Waals surface area contributed by atoms with E-state index in [0.29, 0.717) is 35.1 Å². The highest BCUT2D eigenvalue weighted by Crippen LogP contribution is 2.28. The van der Waals surface area contributed by atoms with Gasteiger partial charge in [-0.1, -0.05) is 11.6 Å². The molecule has 0 aromatic carbocycles. The van der Waals surface area contributed by atoms with Crippen LogP contribution in [0.5, 0.6) is 0 Å². The number of pyridine rings is 1. The van der Waals surface area contributed by atoms with Crippen LogP contribution in [-0.2, 0) is 0 Å². The van der Waals surface area contributed by atoms with Gasteiger partial charge in [-0.3, -0.25) is 0 Å². The fourth-order valence-electron chi connectivity index (χ4n) is 3.25. The van der Waals surface area contributed by atoms with Gasteiger partial charge in [-0.05, 0) is 18.9 Å². The zero-order valence-corrected chi connectivity index (χ0v) is 15.0. The van der Waals surface area contributed by atoms with E-state index in [1.54, 1.807) is 12.3 Å². The number of carbonyl (C=O) groups excluding carboxylic acids is 1. The maximum Gasteiger partial charge on any atom is 0.314 e. The number of rotatable bonds is 3. The number of halogens is 2. The summed E-state index contributed by atoms with van der Waals surface area (Å²) in [5, 5.41) is 4.30. The van der Waals surface area contributed by atoms with Gasteiger partial charge in [-0.2, -0.15) is 0 Å². The number of amides is 2. The number of nitrogens with two attached hydrogens (primary N) is 1.